The molecule has 0 amide bonds. The van der Waals surface area contributed by atoms with Gasteiger partial charge in [0.25, 0.3) is 0 Å². The van der Waals surface area contributed by atoms with Gasteiger partial charge in [-0.25, -0.2) is 4.39 Å². The van der Waals surface area contributed by atoms with E-state index < -0.39 is 11.4 Å². The molecular formula is C9H9BrFNOS. The smallest absolute Gasteiger partial charge is 0.132 e. The van der Waals surface area contributed by atoms with E-state index in [1.54, 1.807) is 19.1 Å². The third-order valence-electron chi connectivity index (χ3n) is 1.58. The number of nitrogens with zero attached hydrogens (tertiary/aromatic N) is 1. The zero-order chi connectivity index (χ0) is 10.7. The maximum absolute atomic E-state index is 13.3. The Balaban J connectivity index is 3.12. The van der Waals surface area contributed by atoms with E-state index in [0.29, 0.717) is 11.3 Å². The third kappa shape index (κ3) is 3.08. The lowest BCUT2D eigenvalue weighted by Crippen LogP contribution is -2.03. The van der Waals surface area contributed by atoms with Gasteiger partial charge in [-0.2, -0.15) is 0 Å². The average Bonchev–Trinajstić information content (AvgIpc) is 2.08. The molecule has 0 bridgehead atoms. The van der Waals surface area contributed by atoms with E-state index in [0.717, 1.165) is 4.47 Å². The van der Waals surface area contributed by atoms with Gasteiger partial charge in [0.05, 0.1) is 17.1 Å². The fourth-order valence-corrected chi connectivity index (χ4v) is 1.86. The lowest BCUT2D eigenvalue weighted by Gasteiger charge is -2.03. The Morgan fingerprint density at radius 1 is 1.57 bits per heavy atom. The van der Waals surface area contributed by atoms with Crippen LogP contribution in [0.25, 0.3) is 0 Å². The quantitative estimate of drug-likeness (QED) is 0.605. The van der Waals surface area contributed by atoms with E-state index in [1.165, 1.54) is 12.3 Å². The monoisotopic (exact) mass is 277 g/mol. The molecule has 1 aromatic carbocycles. The van der Waals surface area contributed by atoms with Crippen molar-refractivity contribution in [2.24, 2.45) is 4.40 Å². The van der Waals surface area contributed by atoms with Crippen molar-refractivity contribution in [3.8, 4) is 0 Å². The highest BCUT2D eigenvalue weighted by Crippen LogP contribution is 2.16. The molecule has 0 heterocycles. The van der Waals surface area contributed by atoms with Crippen molar-refractivity contribution in [1.82, 2.24) is 0 Å². The third-order valence-corrected chi connectivity index (χ3v) is 2.61. The van der Waals surface area contributed by atoms with Crippen molar-refractivity contribution in [1.29, 1.82) is 0 Å². The van der Waals surface area contributed by atoms with E-state index in [9.17, 15) is 8.94 Å². The first-order valence-electron chi connectivity index (χ1n) is 3.85. The molecule has 0 aliphatic carbocycles. The van der Waals surface area contributed by atoms with Crippen LogP contribution in [-0.2, 0) is 11.4 Å². The Hall–Kier alpha value is -0.390. The Bertz CT molecular complexity index is 368. The van der Waals surface area contributed by atoms with E-state index in [4.69, 9.17) is 0 Å². The molecule has 76 valence electrons. The molecule has 14 heavy (non-hydrogen) atoms. The minimum Gasteiger partial charge on any atom is -0.592 e. The average molecular weight is 278 g/mol. The van der Waals surface area contributed by atoms with Crippen LogP contribution in [0.15, 0.2) is 27.1 Å². The second-order valence-electron chi connectivity index (χ2n) is 2.72. The van der Waals surface area contributed by atoms with Gasteiger partial charge in [0, 0.05) is 10.0 Å². The Labute approximate surface area is 93.7 Å². The van der Waals surface area contributed by atoms with Gasteiger partial charge >= 0.3 is 0 Å². The zero-order valence-corrected chi connectivity index (χ0v) is 10.2. The van der Waals surface area contributed by atoms with Gasteiger partial charge in [0.15, 0.2) is 0 Å². The molecule has 1 rings (SSSR count). The minimum absolute atomic E-state index is 0.361. The van der Waals surface area contributed by atoms with Gasteiger partial charge in [0.2, 0.25) is 0 Å². The standard InChI is InChI=1S/C9H9BrFNOS/c1-6(12-14(2)13)8-5-7(10)3-4-9(8)11/h3-5H,1-2H3/b12-6-. The summed E-state index contributed by atoms with van der Waals surface area (Å²) >= 11 is 1.93. The number of halogens is 2. The van der Waals surface area contributed by atoms with Gasteiger partial charge in [-0.1, -0.05) is 20.3 Å². The van der Waals surface area contributed by atoms with Crippen molar-refractivity contribution < 1.29 is 8.94 Å². The van der Waals surface area contributed by atoms with Crippen LogP contribution in [0.5, 0.6) is 0 Å². The van der Waals surface area contributed by atoms with Crippen LogP contribution >= 0.6 is 15.9 Å². The highest BCUT2D eigenvalue weighted by molar-refractivity contribution is 9.10. The molecule has 0 aliphatic heterocycles. The van der Waals surface area contributed by atoms with E-state index in [-0.39, 0.29) is 5.82 Å². The normalized spacial score (nSPS) is 14.2. The summed E-state index contributed by atoms with van der Waals surface area (Å²) in [5.74, 6) is -0.361. The van der Waals surface area contributed by atoms with Gasteiger partial charge < -0.3 is 4.55 Å². The van der Waals surface area contributed by atoms with Crippen LogP contribution in [0.1, 0.15) is 12.5 Å². The second kappa shape index (κ2) is 4.91. The summed E-state index contributed by atoms with van der Waals surface area (Å²) in [7, 11) is 0. The Kier molecular flexibility index (Phi) is 4.10. The van der Waals surface area contributed by atoms with Crippen molar-refractivity contribution in [2.75, 3.05) is 6.26 Å². The summed E-state index contributed by atoms with van der Waals surface area (Å²) in [4.78, 5) is 0. The molecule has 0 saturated heterocycles. The number of hydrogen-bond donors (Lipinski definition) is 0. The van der Waals surface area contributed by atoms with Gasteiger partial charge in [-0.05, 0) is 25.1 Å². The molecule has 0 fully saturated rings. The van der Waals surface area contributed by atoms with Crippen molar-refractivity contribution in [3.05, 3.63) is 34.1 Å². The molecule has 0 aromatic heterocycles. The van der Waals surface area contributed by atoms with Crippen LogP contribution < -0.4 is 0 Å². The summed E-state index contributed by atoms with van der Waals surface area (Å²) in [6, 6.07) is 4.56. The summed E-state index contributed by atoms with van der Waals surface area (Å²) < 4.78 is 28.6. The first kappa shape index (κ1) is 11.7. The molecule has 0 N–H and O–H groups in total. The summed E-state index contributed by atoms with van der Waals surface area (Å²) in [5, 5.41) is 0. The van der Waals surface area contributed by atoms with Crippen molar-refractivity contribution in [3.63, 3.8) is 0 Å². The van der Waals surface area contributed by atoms with Gasteiger partial charge in [-0.15, -0.1) is 0 Å². The highest BCUT2D eigenvalue weighted by atomic mass is 79.9. The molecule has 0 spiro atoms. The van der Waals surface area contributed by atoms with Crippen molar-refractivity contribution in [2.45, 2.75) is 6.92 Å². The lowest BCUT2D eigenvalue weighted by molar-refractivity contribution is 0.602. The van der Waals surface area contributed by atoms with Crippen LogP contribution in [0.4, 0.5) is 4.39 Å². The maximum atomic E-state index is 13.3. The molecule has 0 radical (unpaired) electrons. The van der Waals surface area contributed by atoms with Crippen molar-refractivity contribution >= 4 is 33.0 Å². The zero-order valence-electron chi connectivity index (χ0n) is 7.75. The second-order valence-corrected chi connectivity index (χ2v) is 4.67. The highest BCUT2D eigenvalue weighted by Gasteiger charge is 2.08. The molecule has 1 aromatic rings. The summed E-state index contributed by atoms with van der Waals surface area (Å²) in [6.45, 7) is 1.63. The number of benzene rings is 1. The van der Waals surface area contributed by atoms with Crippen LogP contribution in [0.3, 0.4) is 0 Å². The van der Waals surface area contributed by atoms with Crippen LogP contribution in [-0.4, -0.2) is 16.5 Å². The fourth-order valence-electron chi connectivity index (χ4n) is 1.02. The predicted octanol–water partition coefficient (Wildman–Crippen LogP) is 2.69. The van der Waals surface area contributed by atoms with E-state index in [2.05, 4.69) is 20.3 Å². The number of rotatable bonds is 2. The van der Waals surface area contributed by atoms with Gasteiger partial charge in [0.1, 0.15) is 12.1 Å². The van der Waals surface area contributed by atoms with E-state index >= 15 is 0 Å². The molecule has 1 atom stereocenters. The molecule has 0 saturated carbocycles. The molecular weight excluding hydrogens is 269 g/mol. The molecule has 5 heteroatoms. The fraction of sp³-hybridized carbons (Fsp3) is 0.222. The van der Waals surface area contributed by atoms with E-state index in [1.807, 2.05) is 0 Å². The van der Waals surface area contributed by atoms with Crippen LogP contribution in [0, 0.1) is 5.82 Å². The molecule has 0 aliphatic rings. The SMILES string of the molecule is C/C(=N/[S+](C)[O-])c1cc(Br)ccc1F. The summed E-state index contributed by atoms with van der Waals surface area (Å²) in [6.07, 6.45) is 1.44. The maximum Gasteiger partial charge on any atom is 0.132 e. The number of hydrogen-bond acceptors (Lipinski definition) is 2. The first-order valence-corrected chi connectivity index (χ1v) is 6.16. The Morgan fingerprint density at radius 2 is 2.21 bits per heavy atom. The first-order chi connectivity index (χ1) is 6.50. The molecule has 1 unspecified atom stereocenters. The van der Waals surface area contributed by atoms with Crippen LogP contribution in [0.2, 0.25) is 0 Å². The lowest BCUT2D eigenvalue weighted by atomic mass is 10.1. The topological polar surface area (TPSA) is 35.4 Å². The Morgan fingerprint density at radius 3 is 2.79 bits per heavy atom. The predicted molar refractivity (Wildman–Crippen MR) is 60.4 cm³/mol. The van der Waals surface area contributed by atoms with Gasteiger partial charge in [-0.3, -0.25) is 0 Å². The largest absolute Gasteiger partial charge is 0.592 e. The summed E-state index contributed by atoms with van der Waals surface area (Å²) in [5.41, 5.74) is 0.805. The minimum atomic E-state index is -1.31. The molecule has 2 nitrogen and oxygen atoms in total.